The van der Waals surface area contributed by atoms with E-state index in [1.54, 1.807) is 0 Å². The molecule has 2 atom stereocenters. The lowest BCUT2D eigenvalue weighted by atomic mass is 9.95. The van der Waals surface area contributed by atoms with Crippen molar-refractivity contribution in [1.29, 1.82) is 0 Å². The normalized spacial score (nSPS) is 25.2. The maximum absolute atomic E-state index is 6.28. The summed E-state index contributed by atoms with van der Waals surface area (Å²) < 4.78 is 0. The minimum Gasteiger partial charge on any atom is -0.342 e. The number of hydrogen-bond acceptors (Lipinski definition) is 2. The van der Waals surface area contributed by atoms with Gasteiger partial charge in [0.25, 0.3) is 0 Å². The van der Waals surface area contributed by atoms with Crippen molar-refractivity contribution in [2.75, 3.05) is 0 Å². The van der Waals surface area contributed by atoms with E-state index in [-0.39, 0.29) is 6.04 Å². The Kier molecular flexibility index (Phi) is 3.27. The zero-order valence-corrected chi connectivity index (χ0v) is 11.1. The average Bonchev–Trinajstić information content (AvgIpc) is 2.67. The van der Waals surface area contributed by atoms with Crippen molar-refractivity contribution >= 4 is 22.6 Å². The molecule has 1 aliphatic rings. The van der Waals surface area contributed by atoms with Gasteiger partial charge in [-0.05, 0) is 25.0 Å². The van der Waals surface area contributed by atoms with Crippen LogP contribution >= 0.6 is 11.6 Å². The van der Waals surface area contributed by atoms with Gasteiger partial charge in [-0.2, -0.15) is 0 Å². The smallest absolute Gasteiger partial charge is 0.111 e. The Balaban J connectivity index is 2.00. The molecular formula is C14H18ClN3. The molecule has 1 aromatic carbocycles. The van der Waals surface area contributed by atoms with E-state index in [1.165, 1.54) is 19.3 Å². The van der Waals surface area contributed by atoms with Crippen LogP contribution in [-0.4, -0.2) is 16.0 Å². The fourth-order valence-corrected chi connectivity index (χ4v) is 3.08. The molecule has 1 heterocycles. The summed E-state index contributed by atoms with van der Waals surface area (Å²) in [7, 11) is 0. The average molecular weight is 264 g/mol. The molecule has 0 saturated heterocycles. The molecule has 1 fully saturated rings. The molecule has 18 heavy (non-hydrogen) atoms. The first-order valence-electron chi connectivity index (χ1n) is 6.65. The predicted molar refractivity (Wildman–Crippen MR) is 74.9 cm³/mol. The first kappa shape index (κ1) is 12.0. The van der Waals surface area contributed by atoms with Gasteiger partial charge in [-0.3, -0.25) is 0 Å². The van der Waals surface area contributed by atoms with Crippen molar-refractivity contribution in [1.82, 2.24) is 9.97 Å². The molecular weight excluding hydrogens is 246 g/mol. The maximum atomic E-state index is 6.28. The summed E-state index contributed by atoms with van der Waals surface area (Å²) >= 11 is 6.16. The number of nitrogens with one attached hydrogen (secondary N) is 1. The summed E-state index contributed by atoms with van der Waals surface area (Å²) in [6.45, 7) is 0. The van der Waals surface area contributed by atoms with Gasteiger partial charge in [0.15, 0.2) is 0 Å². The zero-order chi connectivity index (χ0) is 12.5. The number of fused-ring (bicyclic) bond motifs is 1. The molecule has 1 aliphatic carbocycles. The number of rotatable bonds is 1. The highest BCUT2D eigenvalue weighted by Crippen LogP contribution is 2.31. The number of imidazole rings is 1. The van der Waals surface area contributed by atoms with Crippen molar-refractivity contribution in [3.63, 3.8) is 0 Å². The van der Waals surface area contributed by atoms with Crippen LogP contribution in [0.1, 0.15) is 43.8 Å². The van der Waals surface area contributed by atoms with Gasteiger partial charge in [0.2, 0.25) is 0 Å². The van der Waals surface area contributed by atoms with Crippen molar-refractivity contribution < 1.29 is 0 Å². The molecule has 2 aromatic rings. The third-order valence-electron chi connectivity index (χ3n) is 3.90. The number of aromatic amines is 1. The van der Waals surface area contributed by atoms with Gasteiger partial charge >= 0.3 is 0 Å². The van der Waals surface area contributed by atoms with E-state index in [9.17, 15) is 0 Å². The third-order valence-corrected chi connectivity index (χ3v) is 4.21. The summed E-state index contributed by atoms with van der Waals surface area (Å²) in [6.07, 6.45) is 5.97. The monoisotopic (exact) mass is 263 g/mol. The standard InChI is InChI=1S/C14H18ClN3/c15-10-6-4-8-12-13(10)18-14(17-12)9-5-2-1-3-7-11(9)16/h4,6,8-9,11H,1-3,5,7,16H2,(H,17,18). The zero-order valence-electron chi connectivity index (χ0n) is 10.3. The lowest BCUT2D eigenvalue weighted by molar-refractivity contribution is 0.488. The van der Waals surface area contributed by atoms with E-state index in [2.05, 4.69) is 9.97 Å². The quantitative estimate of drug-likeness (QED) is 0.773. The van der Waals surface area contributed by atoms with E-state index < -0.39 is 0 Å². The van der Waals surface area contributed by atoms with Gasteiger partial charge in [0.05, 0.1) is 10.5 Å². The summed E-state index contributed by atoms with van der Waals surface area (Å²) in [6, 6.07) is 6.05. The Hall–Kier alpha value is -1.06. The Morgan fingerprint density at radius 2 is 2.06 bits per heavy atom. The molecule has 0 aliphatic heterocycles. The van der Waals surface area contributed by atoms with Crippen LogP contribution in [0.2, 0.25) is 5.02 Å². The fraction of sp³-hybridized carbons (Fsp3) is 0.500. The van der Waals surface area contributed by atoms with Gasteiger partial charge in [0.1, 0.15) is 11.3 Å². The number of H-pyrrole nitrogens is 1. The Morgan fingerprint density at radius 1 is 1.22 bits per heavy atom. The van der Waals surface area contributed by atoms with Crippen LogP contribution in [0.4, 0.5) is 0 Å². The van der Waals surface area contributed by atoms with Gasteiger partial charge < -0.3 is 10.7 Å². The summed E-state index contributed by atoms with van der Waals surface area (Å²) in [5.74, 6) is 1.35. The van der Waals surface area contributed by atoms with E-state index in [0.29, 0.717) is 10.9 Å². The molecule has 3 nitrogen and oxygen atoms in total. The SMILES string of the molecule is NC1CCCCCC1c1nc2c(Cl)cccc2[nH]1. The first-order valence-corrected chi connectivity index (χ1v) is 7.03. The van der Waals surface area contributed by atoms with Crippen LogP contribution in [0.5, 0.6) is 0 Å². The molecule has 0 spiro atoms. The molecule has 4 heteroatoms. The van der Waals surface area contributed by atoms with Gasteiger partial charge in [-0.25, -0.2) is 4.98 Å². The van der Waals surface area contributed by atoms with E-state index >= 15 is 0 Å². The predicted octanol–water partition coefficient (Wildman–Crippen LogP) is 3.59. The van der Waals surface area contributed by atoms with E-state index in [4.69, 9.17) is 17.3 Å². The van der Waals surface area contributed by atoms with Crippen LogP contribution in [0.15, 0.2) is 18.2 Å². The number of benzene rings is 1. The van der Waals surface area contributed by atoms with Crippen LogP contribution in [-0.2, 0) is 0 Å². The second kappa shape index (κ2) is 4.90. The fourth-order valence-electron chi connectivity index (χ4n) is 2.87. The Labute approximate surface area is 112 Å². The Bertz CT molecular complexity index is 549. The second-order valence-corrected chi connectivity index (χ2v) is 5.57. The summed E-state index contributed by atoms with van der Waals surface area (Å²) in [4.78, 5) is 8.05. The molecule has 0 amide bonds. The van der Waals surface area contributed by atoms with Crippen molar-refractivity contribution in [2.24, 2.45) is 5.73 Å². The Morgan fingerprint density at radius 3 is 2.89 bits per heavy atom. The van der Waals surface area contributed by atoms with Crippen LogP contribution in [0, 0.1) is 0 Å². The van der Waals surface area contributed by atoms with Gasteiger partial charge in [0, 0.05) is 12.0 Å². The molecule has 1 aromatic heterocycles. The number of nitrogens with two attached hydrogens (primary N) is 1. The van der Waals surface area contributed by atoms with Gasteiger partial charge in [-0.15, -0.1) is 0 Å². The number of nitrogens with zero attached hydrogens (tertiary/aromatic N) is 1. The lowest BCUT2D eigenvalue weighted by Gasteiger charge is -2.18. The highest BCUT2D eigenvalue weighted by atomic mass is 35.5. The van der Waals surface area contributed by atoms with Gasteiger partial charge in [-0.1, -0.05) is 36.9 Å². The number of para-hydroxylation sites is 1. The minimum atomic E-state index is 0.215. The maximum Gasteiger partial charge on any atom is 0.111 e. The van der Waals surface area contributed by atoms with Crippen molar-refractivity contribution in [2.45, 2.75) is 44.1 Å². The molecule has 3 rings (SSSR count). The molecule has 0 radical (unpaired) electrons. The summed E-state index contributed by atoms with van der Waals surface area (Å²) in [5.41, 5.74) is 8.15. The number of halogens is 1. The van der Waals surface area contributed by atoms with E-state index in [1.807, 2.05) is 18.2 Å². The van der Waals surface area contributed by atoms with Crippen LogP contribution in [0.3, 0.4) is 0 Å². The number of hydrogen-bond donors (Lipinski definition) is 2. The second-order valence-electron chi connectivity index (χ2n) is 5.17. The highest BCUT2D eigenvalue weighted by molar-refractivity contribution is 6.34. The van der Waals surface area contributed by atoms with Crippen molar-refractivity contribution in [3.05, 3.63) is 29.0 Å². The third kappa shape index (κ3) is 2.13. The highest BCUT2D eigenvalue weighted by Gasteiger charge is 2.25. The first-order chi connectivity index (χ1) is 8.75. The minimum absolute atomic E-state index is 0.215. The number of aromatic nitrogens is 2. The largest absolute Gasteiger partial charge is 0.342 e. The topological polar surface area (TPSA) is 54.7 Å². The lowest BCUT2D eigenvalue weighted by Crippen LogP contribution is -2.28. The molecule has 1 saturated carbocycles. The molecule has 0 bridgehead atoms. The molecule has 2 unspecified atom stereocenters. The molecule has 3 N–H and O–H groups in total. The van der Waals surface area contributed by atoms with Crippen LogP contribution < -0.4 is 5.73 Å². The summed E-state index contributed by atoms with van der Waals surface area (Å²) in [5, 5.41) is 0.706. The van der Waals surface area contributed by atoms with Crippen molar-refractivity contribution in [3.8, 4) is 0 Å². The van der Waals surface area contributed by atoms with E-state index in [0.717, 1.165) is 29.7 Å². The molecule has 96 valence electrons. The van der Waals surface area contributed by atoms with Crippen LogP contribution in [0.25, 0.3) is 11.0 Å².